The average molecular weight is 341 g/mol. The van der Waals surface area contributed by atoms with E-state index in [1.165, 1.54) is 0 Å². The van der Waals surface area contributed by atoms with E-state index in [-0.39, 0.29) is 63.6 Å². The Labute approximate surface area is 155 Å². The van der Waals surface area contributed by atoms with Gasteiger partial charge in [-0.1, -0.05) is 0 Å². The van der Waals surface area contributed by atoms with E-state index in [0.29, 0.717) is 0 Å². The van der Waals surface area contributed by atoms with Crippen LogP contribution in [0.5, 0.6) is 0 Å². The summed E-state index contributed by atoms with van der Waals surface area (Å²) in [6.07, 6.45) is -1.12. The van der Waals surface area contributed by atoms with Gasteiger partial charge in [-0.2, -0.15) is 0 Å². The van der Waals surface area contributed by atoms with E-state index in [9.17, 15) is 26.7 Å². The number of hydrogen-bond acceptors (Lipinski definition) is 7. The fourth-order valence-electron chi connectivity index (χ4n) is 1.07. The number of aliphatic hydroxyl groups excluding tert-OH is 1. The first-order valence-corrected chi connectivity index (χ1v) is 8.76. The van der Waals surface area contributed by atoms with E-state index in [1.807, 2.05) is 4.72 Å². The molecule has 19 heavy (non-hydrogen) atoms. The SMILES string of the molecule is CS(=O)(=O)CCCS(=O)(=O)NCC(O)CC(=O)[O-].[K+]. The third-order valence-corrected chi connectivity index (χ3v) is 4.33. The van der Waals surface area contributed by atoms with Crippen LogP contribution in [0.1, 0.15) is 12.8 Å². The molecule has 0 bridgehead atoms. The number of nitrogens with one attached hydrogen (secondary N) is 1. The second-order valence-electron chi connectivity index (χ2n) is 3.88. The van der Waals surface area contributed by atoms with Gasteiger partial charge < -0.3 is 15.0 Å². The molecular weight excluding hydrogens is 325 g/mol. The Hall–Kier alpha value is 0.926. The third-order valence-electron chi connectivity index (χ3n) is 1.87. The number of aliphatic hydroxyl groups is 1. The summed E-state index contributed by atoms with van der Waals surface area (Å²) in [5, 5.41) is 19.2. The number of carboxylic acid groups (broad SMARTS) is 1. The van der Waals surface area contributed by atoms with Crippen molar-refractivity contribution in [3.05, 3.63) is 0 Å². The van der Waals surface area contributed by atoms with Gasteiger partial charge in [0.2, 0.25) is 10.0 Å². The zero-order valence-electron chi connectivity index (χ0n) is 10.8. The molecule has 2 N–H and O–H groups in total. The molecule has 0 aliphatic rings. The number of sulfone groups is 1. The Morgan fingerprint density at radius 3 is 2.21 bits per heavy atom. The summed E-state index contributed by atoms with van der Waals surface area (Å²) in [4.78, 5) is 10.1. The van der Waals surface area contributed by atoms with Gasteiger partial charge in [0.25, 0.3) is 0 Å². The van der Waals surface area contributed by atoms with Crippen molar-refractivity contribution in [2.24, 2.45) is 0 Å². The molecule has 0 aromatic carbocycles. The zero-order valence-corrected chi connectivity index (χ0v) is 15.6. The minimum Gasteiger partial charge on any atom is -0.550 e. The van der Waals surface area contributed by atoms with Gasteiger partial charge in [-0.25, -0.2) is 21.6 Å². The summed E-state index contributed by atoms with van der Waals surface area (Å²) in [6, 6.07) is 0. The summed E-state index contributed by atoms with van der Waals surface area (Å²) in [5.41, 5.74) is 0. The molecule has 0 aliphatic carbocycles. The Kier molecular flexibility index (Phi) is 11.4. The molecule has 0 saturated carbocycles. The minimum absolute atomic E-state index is 0. The smallest absolute Gasteiger partial charge is 0.550 e. The molecule has 0 rings (SSSR count). The second-order valence-corrected chi connectivity index (χ2v) is 8.07. The maximum Gasteiger partial charge on any atom is 1.00 e. The third kappa shape index (κ3) is 15.1. The van der Waals surface area contributed by atoms with Crippen LogP contribution in [0.15, 0.2) is 0 Å². The number of sulfonamides is 1. The maximum absolute atomic E-state index is 11.3. The second kappa shape index (κ2) is 9.79. The quantitative estimate of drug-likeness (QED) is 0.398. The Morgan fingerprint density at radius 2 is 1.79 bits per heavy atom. The van der Waals surface area contributed by atoms with Crippen LogP contribution in [-0.2, 0) is 24.7 Å². The topological polar surface area (TPSA) is 141 Å². The standard InChI is InChI=1S/C8H17NO7S2.K/c1-17(13,14)3-2-4-18(15,16)9-6-7(10)5-8(11)12;/h7,9-10H,2-6H2,1H3,(H,11,12);/q;+1/p-1. The molecule has 0 spiro atoms. The molecule has 11 heteroatoms. The first-order valence-electron chi connectivity index (χ1n) is 5.05. The van der Waals surface area contributed by atoms with Crippen molar-refractivity contribution >= 4 is 25.8 Å². The number of hydrogen-bond donors (Lipinski definition) is 2. The minimum atomic E-state index is -3.72. The first kappa shape index (κ1) is 22.2. The van der Waals surface area contributed by atoms with Crippen molar-refractivity contribution in [2.45, 2.75) is 18.9 Å². The van der Waals surface area contributed by atoms with Crippen molar-refractivity contribution < 1.29 is 83.2 Å². The summed E-state index contributed by atoms with van der Waals surface area (Å²) >= 11 is 0. The fraction of sp³-hybridized carbons (Fsp3) is 0.875. The maximum atomic E-state index is 11.3. The molecule has 108 valence electrons. The molecule has 0 amide bonds. The summed E-state index contributed by atoms with van der Waals surface area (Å²) < 4.78 is 46.2. The van der Waals surface area contributed by atoms with Gasteiger partial charge in [0.1, 0.15) is 9.84 Å². The van der Waals surface area contributed by atoms with Crippen LogP contribution in [0.2, 0.25) is 0 Å². The number of carbonyl (C=O) groups is 1. The molecule has 8 nitrogen and oxygen atoms in total. The number of carbonyl (C=O) groups excluding carboxylic acids is 1. The monoisotopic (exact) mass is 341 g/mol. The molecule has 1 unspecified atom stereocenters. The summed E-state index contributed by atoms with van der Waals surface area (Å²) in [5.74, 6) is -2.15. The number of aliphatic carboxylic acids is 1. The first-order chi connectivity index (χ1) is 8.02. The predicted molar refractivity (Wildman–Crippen MR) is 61.7 cm³/mol. The van der Waals surface area contributed by atoms with Crippen LogP contribution in [-0.4, -0.2) is 58.3 Å². The van der Waals surface area contributed by atoms with Crippen LogP contribution in [0.4, 0.5) is 0 Å². The van der Waals surface area contributed by atoms with Crippen molar-refractivity contribution in [3.8, 4) is 0 Å². The van der Waals surface area contributed by atoms with Gasteiger partial charge in [-0.05, 0) is 6.42 Å². The van der Waals surface area contributed by atoms with E-state index in [1.54, 1.807) is 0 Å². The molecule has 0 aromatic heterocycles. The summed E-state index contributed by atoms with van der Waals surface area (Å²) in [6.45, 7) is -0.449. The van der Waals surface area contributed by atoms with Crippen LogP contribution in [0.3, 0.4) is 0 Å². The van der Waals surface area contributed by atoms with Crippen LogP contribution in [0.25, 0.3) is 0 Å². The van der Waals surface area contributed by atoms with Crippen LogP contribution in [0, 0.1) is 0 Å². The molecule has 0 radical (unpaired) electrons. The van der Waals surface area contributed by atoms with Crippen LogP contribution < -0.4 is 61.2 Å². The number of rotatable bonds is 9. The molecule has 1 atom stereocenters. The Morgan fingerprint density at radius 1 is 1.26 bits per heavy atom. The van der Waals surface area contributed by atoms with E-state index in [0.717, 1.165) is 6.26 Å². The predicted octanol–water partition coefficient (Wildman–Crippen LogP) is -6.15. The molecule has 0 heterocycles. The van der Waals surface area contributed by atoms with Gasteiger partial charge in [0.05, 0.1) is 17.6 Å². The van der Waals surface area contributed by atoms with E-state index in [2.05, 4.69) is 0 Å². The largest absolute Gasteiger partial charge is 1.00 e. The van der Waals surface area contributed by atoms with Crippen molar-refractivity contribution in [3.63, 3.8) is 0 Å². The number of carboxylic acids is 1. The van der Waals surface area contributed by atoms with Gasteiger partial charge in [-0.3, -0.25) is 0 Å². The average Bonchev–Trinajstić information content (AvgIpc) is 2.11. The van der Waals surface area contributed by atoms with Gasteiger partial charge in [0.15, 0.2) is 0 Å². The zero-order chi connectivity index (χ0) is 14.4. The van der Waals surface area contributed by atoms with Gasteiger partial charge >= 0.3 is 51.4 Å². The molecular formula is C8H16KNO7S2. The Bertz CT molecular complexity index is 473. The van der Waals surface area contributed by atoms with E-state index >= 15 is 0 Å². The summed E-state index contributed by atoms with van der Waals surface area (Å²) in [7, 11) is -6.94. The molecule has 0 fully saturated rings. The van der Waals surface area contributed by atoms with Crippen molar-refractivity contribution in [1.82, 2.24) is 4.72 Å². The normalized spacial score (nSPS) is 13.6. The fourth-order valence-corrected chi connectivity index (χ4v) is 3.04. The van der Waals surface area contributed by atoms with Gasteiger partial charge in [0, 0.05) is 25.2 Å². The Balaban J connectivity index is 0. The van der Waals surface area contributed by atoms with Gasteiger partial charge in [-0.15, -0.1) is 0 Å². The molecule has 0 aliphatic heterocycles. The van der Waals surface area contributed by atoms with Crippen molar-refractivity contribution in [1.29, 1.82) is 0 Å². The molecule has 0 saturated heterocycles. The van der Waals surface area contributed by atoms with E-state index < -0.39 is 50.7 Å². The van der Waals surface area contributed by atoms with Crippen molar-refractivity contribution in [2.75, 3.05) is 24.3 Å². The van der Waals surface area contributed by atoms with Crippen LogP contribution >= 0.6 is 0 Å². The van der Waals surface area contributed by atoms with E-state index in [4.69, 9.17) is 5.11 Å². The molecule has 0 aromatic rings.